The van der Waals surface area contributed by atoms with Crippen molar-refractivity contribution in [2.45, 2.75) is 89.0 Å². The van der Waals surface area contributed by atoms with E-state index >= 15 is 0 Å². The van der Waals surface area contributed by atoms with E-state index < -0.39 is 33.3 Å². The zero-order chi connectivity index (χ0) is 51.5. The van der Waals surface area contributed by atoms with Gasteiger partial charge in [0.1, 0.15) is 18.1 Å². The molecule has 0 aliphatic carbocycles. The summed E-state index contributed by atoms with van der Waals surface area (Å²) in [6, 6.07) is 19.0. The highest BCUT2D eigenvalue weighted by Gasteiger charge is 2.45. The summed E-state index contributed by atoms with van der Waals surface area (Å²) >= 11 is 0. The van der Waals surface area contributed by atoms with Gasteiger partial charge in [0.05, 0.1) is 75.3 Å². The van der Waals surface area contributed by atoms with Crippen LogP contribution in [0.4, 0.5) is 11.4 Å². The monoisotopic (exact) mass is 1010 g/mol. The summed E-state index contributed by atoms with van der Waals surface area (Å²) in [6.45, 7) is 16.2. The number of anilines is 1. The van der Waals surface area contributed by atoms with E-state index in [1.165, 1.54) is 12.1 Å². The summed E-state index contributed by atoms with van der Waals surface area (Å²) < 4.78 is 71.3. The van der Waals surface area contributed by atoms with Crippen LogP contribution in [0.25, 0.3) is 16.9 Å². The van der Waals surface area contributed by atoms with Gasteiger partial charge in [-0.1, -0.05) is 48.6 Å². The first-order valence-corrected chi connectivity index (χ1v) is 26.1. The normalized spacial score (nSPS) is 17.6. The van der Waals surface area contributed by atoms with Crippen molar-refractivity contribution in [1.82, 2.24) is 5.06 Å². The Balaban J connectivity index is 1.10. The number of hydrogen-bond donors (Lipinski definition) is 1. The number of unbranched alkanes of at least 4 members (excludes halogenated alkanes) is 2. The fraction of sp³-hybridized carbons (Fsp3) is 0.455. The molecule has 386 valence electrons. The first-order chi connectivity index (χ1) is 34.5. The molecule has 0 bridgehead atoms. The fourth-order valence-electron chi connectivity index (χ4n) is 9.45. The third-order valence-electron chi connectivity index (χ3n) is 13.1. The molecule has 0 saturated carbocycles. The number of methoxy groups -OCH3 is 1. The molecule has 0 aromatic heterocycles. The molecule has 16 nitrogen and oxygen atoms in total. The summed E-state index contributed by atoms with van der Waals surface area (Å²) in [5.41, 5.74) is 7.53. The third-order valence-corrected chi connectivity index (χ3v) is 14.0. The number of imide groups is 1. The van der Waals surface area contributed by atoms with Gasteiger partial charge in [-0.2, -0.15) is 13.0 Å². The Labute approximate surface area is 423 Å². The van der Waals surface area contributed by atoms with Gasteiger partial charge in [-0.15, -0.1) is 5.06 Å². The minimum atomic E-state index is -4.47. The number of ether oxygens (including phenoxy) is 6. The van der Waals surface area contributed by atoms with E-state index in [4.69, 9.17) is 33.3 Å². The van der Waals surface area contributed by atoms with Crippen molar-refractivity contribution in [3.05, 3.63) is 113 Å². The summed E-state index contributed by atoms with van der Waals surface area (Å²) in [5, 5.41) is 0.565. The Morgan fingerprint density at radius 3 is 2.12 bits per heavy atom. The van der Waals surface area contributed by atoms with Crippen molar-refractivity contribution in [3.63, 3.8) is 0 Å². The number of rotatable bonds is 26. The quantitative estimate of drug-likeness (QED) is 0.0351. The molecule has 1 saturated heterocycles. The Morgan fingerprint density at radius 2 is 1.47 bits per heavy atom. The number of carbonyl (C=O) groups excluding carboxylic acids is 3. The van der Waals surface area contributed by atoms with Gasteiger partial charge in [-0.25, -0.2) is 4.79 Å². The number of fused-ring (bicyclic) bond motifs is 3. The molecule has 1 N–H and O–H groups in total. The largest absolute Gasteiger partial charge is 0.456 e. The van der Waals surface area contributed by atoms with Gasteiger partial charge in [-0.05, 0) is 82.9 Å². The molecule has 7 rings (SSSR count). The molecule has 0 unspecified atom stereocenters. The van der Waals surface area contributed by atoms with Crippen LogP contribution < -0.4 is 9.64 Å². The van der Waals surface area contributed by atoms with Gasteiger partial charge < -0.3 is 38.2 Å². The fourth-order valence-corrected chi connectivity index (χ4v) is 9.96. The number of benzene rings is 3. The van der Waals surface area contributed by atoms with Crippen LogP contribution in [0.2, 0.25) is 0 Å². The lowest BCUT2D eigenvalue weighted by atomic mass is 9.81. The van der Waals surface area contributed by atoms with Crippen molar-refractivity contribution in [2.24, 2.45) is 0 Å². The number of hydroxylamine groups is 2. The average molecular weight is 1010 g/mol. The minimum absolute atomic E-state index is 0.0290. The van der Waals surface area contributed by atoms with Crippen molar-refractivity contribution in [2.75, 3.05) is 84.6 Å². The predicted molar refractivity (Wildman–Crippen MR) is 274 cm³/mol. The number of hydrogen-bond acceptors (Lipinski definition) is 13. The molecule has 72 heavy (non-hydrogen) atoms. The standard InChI is InChI=1S/C55H67N3O13S/c1-39-38-54(2,3)57(24-25-66-28-29-68-32-33-69-31-30-67-27-26-65-6)47-37-49-44(36-43(39)47)41(34-48(70-49)40-14-9-7-10-15-40)16-13-17-50-55(4,5)45-35-42(72(62,63)64)19-20-46(45)56(50)23-12-8-11-18-53(61)71-58-51(59)21-22-52(58)60/h7,9-10,13-17,19-20,34-38H,8,11-12,18,21-33H2,1-6H3/p+1. The molecule has 3 aromatic rings. The van der Waals surface area contributed by atoms with Gasteiger partial charge in [0.2, 0.25) is 5.69 Å². The summed E-state index contributed by atoms with van der Waals surface area (Å²) in [7, 11) is -2.83. The minimum Gasteiger partial charge on any atom is -0.456 e. The van der Waals surface area contributed by atoms with Crippen molar-refractivity contribution in [3.8, 4) is 5.75 Å². The Bertz CT molecular complexity index is 2720. The van der Waals surface area contributed by atoms with E-state index in [1.807, 2.05) is 56.3 Å². The van der Waals surface area contributed by atoms with Crippen LogP contribution in [-0.4, -0.2) is 131 Å². The summed E-state index contributed by atoms with van der Waals surface area (Å²) in [6.07, 6.45) is 12.3. The number of amides is 2. The summed E-state index contributed by atoms with van der Waals surface area (Å²) in [4.78, 5) is 43.6. The van der Waals surface area contributed by atoms with Crippen molar-refractivity contribution in [1.29, 1.82) is 0 Å². The lowest BCUT2D eigenvalue weighted by Crippen LogP contribution is -2.46. The van der Waals surface area contributed by atoms with Crippen LogP contribution in [0.3, 0.4) is 0 Å². The first-order valence-electron chi connectivity index (χ1n) is 24.6. The highest BCUT2D eigenvalue weighted by Crippen LogP contribution is 2.47. The Morgan fingerprint density at radius 1 is 0.819 bits per heavy atom. The van der Waals surface area contributed by atoms with Crippen LogP contribution >= 0.6 is 0 Å². The van der Waals surface area contributed by atoms with E-state index in [0.29, 0.717) is 108 Å². The topological polar surface area (TPSA) is 180 Å². The molecule has 4 aliphatic heterocycles. The lowest BCUT2D eigenvalue weighted by Gasteiger charge is -2.44. The third kappa shape index (κ3) is 13.2. The molecular formula is C55H68N3O13S+. The molecule has 4 aliphatic rings. The predicted octanol–water partition coefficient (Wildman–Crippen LogP) is 8.27. The zero-order valence-electron chi connectivity index (χ0n) is 42.3. The van der Waals surface area contributed by atoms with Crippen LogP contribution in [0.1, 0.15) is 95.4 Å². The van der Waals surface area contributed by atoms with E-state index in [2.05, 4.69) is 60.6 Å². The Hall–Kier alpha value is -5.79. The van der Waals surface area contributed by atoms with Gasteiger partial charge in [0.25, 0.3) is 21.9 Å². The van der Waals surface area contributed by atoms with Crippen LogP contribution in [0.5, 0.6) is 5.75 Å². The van der Waals surface area contributed by atoms with Crippen LogP contribution in [0, 0.1) is 0 Å². The van der Waals surface area contributed by atoms with E-state index in [-0.39, 0.29) is 29.7 Å². The van der Waals surface area contributed by atoms with E-state index in [0.717, 1.165) is 50.5 Å². The molecule has 2 amide bonds. The molecular weight excluding hydrogens is 943 g/mol. The highest BCUT2D eigenvalue weighted by molar-refractivity contribution is 7.85. The highest BCUT2D eigenvalue weighted by atomic mass is 32.2. The summed E-state index contributed by atoms with van der Waals surface area (Å²) in [5.74, 6) is -0.266. The first kappa shape index (κ1) is 54.0. The van der Waals surface area contributed by atoms with Crippen molar-refractivity contribution >= 4 is 61.9 Å². The maximum atomic E-state index is 12.5. The second-order valence-electron chi connectivity index (χ2n) is 19.1. The SMILES string of the molecule is COCCOCCOCCOCCOCCN1c2cc3c(cc2C(C)=CC1(C)C)/C(=C/C=C/C1=[N+](CCCCCC(=O)ON2C(=O)CCC2=O)c2ccc(S(=O)(=O)O)cc2C1(C)C)C=C(c1ccccc1)O3. The van der Waals surface area contributed by atoms with Gasteiger partial charge >= 0.3 is 5.97 Å². The lowest BCUT2D eigenvalue weighted by molar-refractivity contribution is -0.438. The average Bonchev–Trinajstić information content (AvgIpc) is 3.77. The van der Waals surface area contributed by atoms with Crippen LogP contribution in [0.15, 0.2) is 95.9 Å². The molecule has 4 heterocycles. The smallest absolute Gasteiger partial charge is 0.333 e. The number of carbonyl (C=O) groups is 3. The number of nitrogens with zero attached hydrogens (tertiary/aromatic N) is 3. The maximum Gasteiger partial charge on any atom is 0.333 e. The zero-order valence-corrected chi connectivity index (χ0v) is 43.1. The van der Waals surface area contributed by atoms with Crippen molar-refractivity contribution < 1.29 is 65.2 Å². The maximum absolute atomic E-state index is 12.5. The number of allylic oxidation sites excluding steroid dienone is 6. The second kappa shape index (κ2) is 24.3. The van der Waals surface area contributed by atoms with E-state index in [1.54, 1.807) is 13.2 Å². The molecule has 3 aromatic carbocycles. The molecule has 0 spiro atoms. The van der Waals surface area contributed by atoms with Gasteiger partial charge in [0.15, 0.2) is 5.71 Å². The van der Waals surface area contributed by atoms with Crippen LogP contribution in [-0.2, 0) is 58.4 Å². The van der Waals surface area contributed by atoms with Gasteiger partial charge in [-0.3, -0.25) is 14.1 Å². The molecule has 17 heteroatoms. The Kier molecular flexibility index (Phi) is 18.2. The second-order valence-corrected chi connectivity index (χ2v) is 20.5. The molecule has 1 fully saturated rings. The molecule has 0 atom stereocenters. The molecule has 0 radical (unpaired) electrons. The van der Waals surface area contributed by atoms with Gasteiger partial charge in [0, 0.05) is 85.5 Å². The van der Waals surface area contributed by atoms with E-state index in [9.17, 15) is 27.4 Å².